The largest absolute Gasteiger partial charge is 0.462 e. The third kappa shape index (κ3) is 3.40. The quantitative estimate of drug-likeness (QED) is 0.881. The van der Waals surface area contributed by atoms with E-state index in [1.165, 1.54) is 0 Å². The van der Waals surface area contributed by atoms with Crippen molar-refractivity contribution in [3.63, 3.8) is 0 Å². The van der Waals surface area contributed by atoms with Crippen LogP contribution in [0.25, 0.3) is 0 Å². The van der Waals surface area contributed by atoms with E-state index in [4.69, 9.17) is 18.9 Å². The molecule has 6 atom stereocenters. The molecule has 2 heterocycles. The van der Waals surface area contributed by atoms with Crippen LogP contribution in [-0.2, 0) is 14.2 Å². The first-order valence-corrected chi connectivity index (χ1v) is 8.28. The minimum Gasteiger partial charge on any atom is -0.462 e. The number of fused-ring (bicyclic) bond motifs is 1. The lowest BCUT2D eigenvalue weighted by Crippen LogP contribution is -2.62. The van der Waals surface area contributed by atoms with Crippen LogP contribution in [0.1, 0.15) is 11.9 Å². The fraction of sp³-hybridized carbons (Fsp3) is 0.368. The van der Waals surface area contributed by atoms with E-state index in [0.29, 0.717) is 5.75 Å². The maximum atomic E-state index is 10.5. The Morgan fingerprint density at radius 3 is 2.24 bits per heavy atom. The minimum atomic E-state index is -1.23. The summed E-state index contributed by atoms with van der Waals surface area (Å²) in [5.41, 5.74) is 0.852. The summed E-state index contributed by atoms with van der Waals surface area (Å²) in [6.07, 6.45) is -5.16. The highest BCUT2D eigenvalue weighted by molar-refractivity contribution is 5.21. The van der Waals surface area contributed by atoms with Gasteiger partial charge in [0.15, 0.2) is 6.29 Å². The predicted molar refractivity (Wildman–Crippen MR) is 87.8 cm³/mol. The third-order valence-corrected chi connectivity index (χ3v) is 4.40. The van der Waals surface area contributed by atoms with Crippen molar-refractivity contribution in [2.24, 2.45) is 0 Å². The first-order valence-electron chi connectivity index (χ1n) is 8.28. The average molecular weight is 344 g/mol. The van der Waals surface area contributed by atoms with Crippen LogP contribution < -0.4 is 4.74 Å². The van der Waals surface area contributed by atoms with E-state index < -0.39 is 37.0 Å². The van der Waals surface area contributed by atoms with Gasteiger partial charge in [-0.3, -0.25) is 0 Å². The normalized spacial score (nSPS) is 35.0. The Bertz CT molecular complexity index is 677. The zero-order valence-electron chi connectivity index (χ0n) is 13.5. The molecule has 2 saturated heterocycles. The first-order chi connectivity index (χ1) is 12.2. The molecule has 2 N–H and O–H groups in total. The number of aliphatic hydroxyl groups excluding tert-OH is 2. The van der Waals surface area contributed by atoms with Gasteiger partial charge < -0.3 is 29.2 Å². The zero-order valence-corrected chi connectivity index (χ0v) is 13.5. The number of hydrogen-bond acceptors (Lipinski definition) is 6. The van der Waals surface area contributed by atoms with Gasteiger partial charge in [-0.25, -0.2) is 0 Å². The fourth-order valence-electron chi connectivity index (χ4n) is 3.09. The van der Waals surface area contributed by atoms with Crippen molar-refractivity contribution in [2.45, 2.75) is 37.0 Å². The second-order valence-corrected chi connectivity index (χ2v) is 6.13. The summed E-state index contributed by atoms with van der Waals surface area (Å²) >= 11 is 0. The van der Waals surface area contributed by atoms with Crippen LogP contribution in [-0.4, -0.2) is 47.5 Å². The molecule has 0 radical (unpaired) electrons. The van der Waals surface area contributed by atoms with Crippen LogP contribution in [0.3, 0.4) is 0 Å². The van der Waals surface area contributed by atoms with Crippen LogP contribution in [0.5, 0.6) is 5.75 Å². The maximum Gasteiger partial charge on any atom is 0.229 e. The van der Waals surface area contributed by atoms with Crippen molar-refractivity contribution in [3.05, 3.63) is 66.2 Å². The molecular formula is C19H20O6. The smallest absolute Gasteiger partial charge is 0.229 e. The van der Waals surface area contributed by atoms with Crippen LogP contribution in [0, 0.1) is 0 Å². The topological polar surface area (TPSA) is 77.4 Å². The summed E-state index contributed by atoms with van der Waals surface area (Å²) in [5, 5.41) is 20.9. The number of aliphatic hydroxyl groups is 2. The lowest BCUT2D eigenvalue weighted by atomic mass is 9.98. The Morgan fingerprint density at radius 2 is 1.52 bits per heavy atom. The molecule has 2 aliphatic rings. The van der Waals surface area contributed by atoms with Gasteiger partial charge in [-0.05, 0) is 12.1 Å². The zero-order chi connectivity index (χ0) is 17.2. The molecule has 2 aromatic carbocycles. The van der Waals surface area contributed by atoms with Crippen molar-refractivity contribution < 1.29 is 29.2 Å². The lowest BCUT2D eigenvalue weighted by molar-refractivity contribution is -0.350. The number of hydrogen-bond donors (Lipinski definition) is 2. The molecule has 0 aromatic heterocycles. The molecule has 6 nitrogen and oxygen atoms in total. The number of benzene rings is 2. The van der Waals surface area contributed by atoms with Gasteiger partial charge in [-0.1, -0.05) is 48.5 Å². The molecule has 25 heavy (non-hydrogen) atoms. The Kier molecular flexibility index (Phi) is 4.70. The van der Waals surface area contributed by atoms with E-state index in [2.05, 4.69) is 0 Å². The van der Waals surface area contributed by atoms with Gasteiger partial charge in [0.1, 0.15) is 30.2 Å². The maximum absolute atomic E-state index is 10.5. The summed E-state index contributed by atoms with van der Waals surface area (Å²) in [5.74, 6) is 0.553. The number of ether oxygens (including phenoxy) is 4. The summed E-state index contributed by atoms with van der Waals surface area (Å²) < 4.78 is 23.0. The predicted octanol–water partition coefficient (Wildman–Crippen LogP) is 1.63. The van der Waals surface area contributed by atoms with Crippen molar-refractivity contribution >= 4 is 0 Å². The second-order valence-electron chi connectivity index (χ2n) is 6.13. The number of para-hydroxylation sites is 1. The summed E-state index contributed by atoms with van der Waals surface area (Å²) in [6, 6.07) is 18.5. The van der Waals surface area contributed by atoms with Crippen LogP contribution in [0.15, 0.2) is 60.7 Å². The van der Waals surface area contributed by atoms with Gasteiger partial charge in [0, 0.05) is 5.56 Å². The van der Waals surface area contributed by atoms with E-state index in [-0.39, 0.29) is 6.61 Å². The van der Waals surface area contributed by atoms with E-state index in [1.807, 2.05) is 48.5 Å². The molecular weight excluding hydrogens is 324 g/mol. The van der Waals surface area contributed by atoms with E-state index in [0.717, 1.165) is 5.56 Å². The third-order valence-electron chi connectivity index (χ3n) is 4.40. The van der Waals surface area contributed by atoms with E-state index in [1.54, 1.807) is 12.1 Å². The van der Waals surface area contributed by atoms with Crippen molar-refractivity contribution in [2.75, 3.05) is 6.61 Å². The molecule has 0 bridgehead atoms. The second kappa shape index (κ2) is 7.11. The molecule has 0 amide bonds. The van der Waals surface area contributed by atoms with E-state index in [9.17, 15) is 10.2 Å². The standard InChI is InChI=1S/C19H20O6/c20-15-16(21)19(23-13-9-5-2-6-10-13)24-14-11-22-18(25-17(14)15)12-7-3-1-4-8-12/h1-10,14-21H,11H2/t14-,15+,16-,17+,18-,19-/m1/s1. The van der Waals surface area contributed by atoms with Gasteiger partial charge in [0.2, 0.25) is 6.29 Å². The molecule has 0 saturated carbocycles. The summed E-state index contributed by atoms with van der Waals surface area (Å²) in [7, 11) is 0. The van der Waals surface area contributed by atoms with Crippen LogP contribution in [0.2, 0.25) is 0 Å². The van der Waals surface area contributed by atoms with Gasteiger partial charge >= 0.3 is 0 Å². The molecule has 0 unspecified atom stereocenters. The van der Waals surface area contributed by atoms with Gasteiger partial charge in [0.25, 0.3) is 0 Å². The van der Waals surface area contributed by atoms with Crippen molar-refractivity contribution in [1.82, 2.24) is 0 Å². The van der Waals surface area contributed by atoms with Gasteiger partial charge in [0.05, 0.1) is 6.61 Å². The van der Waals surface area contributed by atoms with Crippen molar-refractivity contribution in [1.29, 1.82) is 0 Å². The minimum absolute atomic E-state index is 0.239. The highest BCUT2D eigenvalue weighted by atomic mass is 16.8. The number of rotatable bonds is 3. The fourth-order valence-corrected chi connectivity index (χ4v) is 3.09. The monoisotopic (exact) mass is 344 g/mol. The van der Waals surface area contributed by atoms with Crippen LogP contribution in [0.4, 0.5) is 0 Å². The Labute approximate surface area is 145 Å². The molecule has 4 rings (SSSR count). The van der Waals surface area contributed by atoms with Crippen LogP contribution >= 0.6 is 0 Å². The highest BCUT2D eigenvalue weighted by Crippen LogP contribution is 2.34. The molecule has 0 spiro atoms. The molecule has 132 valence electrons. The van der Waals surface area contributed by atoms with E-state index >= 15 is 0 Å². The Hall–Kier alpha value is -1.96. The molecule has 2 aliphatic heterocycles. The van der Waals surface area contributed by atoms with Gasteiger partial charge in [-0.15, -0.1) is 0 Å². The Morgan fingerprint density at radius 1 is 0.840 bits per heavy atom. The van der Waals surface area contributed by atoms with Gasteiger partial charge in [-0.2, -0.15) is 0 Å². The molecule has 2 aromatic rings. The Balaban J connectivity index is 1.46. The summed E-state index contributed by atoms with van der Waals surface area (Å²) in [6.45, 7) is 0.239. The van der Waals surface area contributed by atoms with Crippen molar-refractivity contribution in [3.8, 4) is 5.75 Å². The molecule has 2 fully saturated rings. The SMILES string of the molecule is O[C@H]1[C@H](Oc2ccccc2)O[C@@H]2CO[C@@H](c3ccccc3)O[C@@H]2[C@H]1O. The lowest BCUT2D eigenvalue weighted by Gasteiger charge is -2.46. The average Bonchev–Trinajstić information content (AvgIpc) is 2.67. The first kappa shape index (κ1) is 16.5. The molecule has 0 aliphatic carbocycles. The summed E-state index contributed by atoms with van der Waals surface area (Å²) in [4.78, 5) is 0. The molecule has 6 heteroatoms. The highest BCUT2D eigenvalue weighted by Gasteiger charge is 2.49.